The summed E-state index contributed by atoms with van der Waals surface area (Å²) in [7, 11) is 0. The predicted molar refractivity (Wildman–Crippen MR) is 128 cm³/mol. The Labute approximate surface area is 192 Å². The van der Waals surface area contributed by atoms with Gasteiger partial charge in [-0.2, -0.15) is 15.3 Å². The second-order valence-electron chi connectivity index (χ2n) is 8.51. The van der Waals surface area contributed by atoms with Crippen molar-refractivity contribution in [2.45, 2.75) is 40.0 Å². The number of nitro groups is 1. The average Bonchev–Trinajstić information content (AvgIpc) is 2.73. The lowest BCUT2D eigenvalue weighted by molar-refractivity contribution is -0.384. The van der Waals surface area contributed by atoms with Gasteiger partial charge in [0.1, 0.15) is 5.69 Å². The molecule has 7 nitrogen and oxygen atoms in total. The van der Waals surface area contributed by atoms with E-state index < -0.39 is 4.92 Å². The molecule has 0 spiro atoms. The first-order chi connectivity index (χ1) is 15.0. The van der Waals surface area contributed by atoms with E-state index in [1.54, 1.807) is 0 Å². The summed E-state index contributed by atoms with van der Waals surface area (Å²) < 4.78 is 0. The monoisotopic (exact) mass is 449 g/mol. The van der Waals surface area contributed by atoms with Crippen LogP contribution in [-0.4, -0.2) is 4.92 Å². The zero-order chi connectivity index (χ0) is 23.5. The van der Waals surface area contributed by atoms with Crippen LogP contribution in [0.1, 0.15) is 37.5 Å². The molecule has 0 aliphatic heterocycles. The van der Waals surface area contributed by atoms with Crippen molar-refractivity contribution in [1.82, 2.24) is 0 Å². The number of non-ortho nitro benzene ring substituents is 1. The molecule has 0 saturated carbocycles. The molecular formula is C24H24ClN5O2. The van der Waals surface area contributed by atoms with Gasteiger partial charge in [0.25, 0.3) is 5.69 Å². The minimum atomic E-state index is -0.507. The molecule has 0 radical (unpaired) electrons. The fourth-order valence-corrected chi connectivity index (χ4v) is 3.15. The predicted octanol–water partition coefficient (Wildman–Crippen LogP) is 8.99. The van der Waals surface area contributed by atoms with Gasteiger partial charge in [0.05, 0.1) is 27.0 Å². The maximum Gasteiger partial charge on any atom is 0.271 e. The highest BCUT2D eigenvalue weighted by molar-refractivity contribution is 6.33. The summed E-state index contributed by atoms with van der Waals surface area (Å²) >= 11 is 6.08. The molecule has 0 unspecified atom stereocenters. The van der Waals surface area contributed by atoms with Crippen molar-refractivity contribution >= 4 is 40.0 Å². The summed E-state index contributed by atoms with van der Waals surface area (Å²) in [6.07, 6.45) is 0. The van der Waals surface area contributed by atoms with Crippen molar-refractivity contribution in [1.29, 1.82) is 0 Å². The van der Waals surface area contributed by atoms with Crippen molar-refractivity contribution in [3.63, 3.8) is 0 Å². The summed E-state index contributed by atoms with van der Waals surface area (Å²) in [6.45, 7) is 10.3. The zero-order valence-corrected chi connectivity index (χ0v) is 19.4. The quantitative estimate of drug-likeness (QED) is 0.221. The Bertz CT molecular complexity index is 1210. The number of nitro benzene ring substituents is 1. The van der Waals surface area contributed by atoms with Crippen LogP contribution in [0, 0.1) is 24.0 Å². The van der Waals surface area contributed by atoms with E-state index in [2.05, 4.69) is 53.4 Å². The van der Waals surface area contributed by atoms with Gasteiger partial charge >= 0.3 is 0 Å². The van der Waals surface area contributed by atoms with Crippen LogP contribution in [0.25, 0.3) is 0 Å². The van der Waals surface area contributed by atoms with E-state index in [4.69, 9.17) is 11.6 Å². The first-order valence-corrected chi connectivity index (χ1v) is 10.4. The maximum absolute atomic E-state index is 10.8. The second kappa shape index (κ2) is 9.36. The molecule has 0 heterocycles. The van der Waals surface area contributed by atoms with Gasteiger partial charge in [-0.15, -0.1) is 5.11 Å². The number of nitrogens with zero attached hydrogens (tertiary/aromatic N) is 5. The summed E-state index contributed by atoms with van der Waals surface area (Å²) in [5.41, 5.74) is 5.55. The number of hydrogen-bond acceptors (Lipinski definition) is 6. The van der Waals surface area contributed by atoms with Gasteiger partial charge < -0.3 is 0 Å². The smallest absolute Gasteiger partial charge is 0.258 e. The summed E-state index contributed by atoms with van der Waals surface area (Å²) in [4.78, 5) is 10.3. The third-order valence-electron chi connectivity index (χ3n) is 4.93. The normalized spacial score (nSPS) is 12.1. The average molecular weight is 450 g/mol. The minimum absolute atomic E-state index is 0.0897. The lowest BCUT2D eigenvalue weighted by Gasteiger charge is -2.18. The number of benzene rings is 3. The molecule has 3 rings (SSSR count). The zero-order valence-electron chi connectivity index (χ0n) is 18.6. The molecule has 8 heteroatoms. The highest BCUT2D eigenvalue weighted by Crippen LogP contribution is 2.34. The van der Waals surface area contributed by atoms with Crippen LogP contribution in [0.5, 0.6) is 0 Å². The SMILES string of the molecule is Cc1cc(N=Nc2ccc([N+](=O)[O-])cc2Cl)c(C)cc1N=Nc1ccc(C(C)(C)C)cc1. The van der Waals surface area contributed by atoms with Crippen LogP contribution < -0.4 is 0 Å². The Hall–Kier alpha value is -3.45. The number of hydrogen-bond donors (Lipinski definition) is 0. The highest BCUT2D eigenvalue weighted by Gasteiger charge is 2.13. The first kappa shape index (κ1) is 23.2. The van der Waals surface area contributed by atoms with Crippen molar-refractivity contribution in [2.24, 2.45) is 20.5 Å². The molecule has 3 aromatic carbocycles. The molecule has 0 fully saturated rings. The number of rotatable bonds is 5. The van der Waals surface area contributed by atoms with E-state index in [9.17, 15) is 10.1 Å². The lowest BCUT2D eigenvalue weighted by Crippen LogP contribution is -2.10. The molecule has 0 amide bonds. The summed E-state index contributed by atoms with van der Waals surface area (Å²) in [6, 6.07) is 15.9. The van der Waals surface area contributed by atoms with E-state index >= 15 is 0 Å². The number of azo groups is 2. The molecule has 0 aliphatic carbocycles. The fourth-order valence-electron chi connectivity index (χ4n) is 2.94. The highest BCUT2D eigenvalue weighted by atomic mass is 35.5. The van der Waals surface area contributed by atoms with E-state index in [0.717, 1.165) is 22.5 Å². The van der Waals surface area contributed by atoms with E-state index in [-0.39, 0.29) is 16.1 Å². The van der Waals surface area contributed by atoms with Crippen LogP contribution in [0.15, 0.2) is 75.1 Å². The van der Waals surface area contributed by atoms with Crippen molar-refractivity contribution in [2.75, 3.05) is 0 Å². The maximum atomic E-state index is 10.8. The van der Waals surface area contributed by atoms with Crippen molar-refractivity contribution < 1.29 is 4.92 Å². The van der Waals surface area contributed by atoms with Crippen LogP contribution in [0.4, 0.5) is 28.4 Å². The van der Waals surface area contributed by atoms with Gasteiger partial charge in [-0.3, -0.25) is 10.1 Å². The molecular weight excluding hydrogens is 426 g/mol. The molecule has 3 aromatic rings. The van der Waals surface area contributed by atoms with Gasteiger partial charge in [-0.25, -0.2) is 0 Å². The summed E-state index contributed by atoms with van der Waals surface area (Å²) in [5, 5.41) is 28.2. The lowest BCUT2D eigenvalue weighted by atomic mass is 9.87. The van der Waals surface area contributed by atoms with E-state index in [1.165, 1.54) is 23.8 Å². The van der Waals surface area contributed by atoms with E-state index in [0.29, 0.717) is 11.4 Å². The molecule has 0 saturated heterocycles. The minimum Gasteiger partial charge on any atom is -0.258 e. The second-order valence-corrected chi connectivity index (χ2v) is 8.92. The molecule has 32 heavy (non-hydrogen) atoms. The van der Waals surface area contributed by atoms with Gasteiger partial charge in [0.15, 0.2) is 0 Å². The van der Waals surface area contributed by atoms with E-state index in [1.807, 2.05) is 38.1 Å². The summed E-state index contributed by atoms with van der Waals surface area (Å²) in [5.74, 6) is 0. The van der Waals surface area contributed by atoms with Crippen molar-refractivity contribution in [3.05, 3.63) is 86.4 Å². The largest absolute Gasteiger partial charge is 0.271 e. The Morgan fingerprint density at radius 3 is 1.81 bits per heavy atom. The standard InChI is InChI=1S/C24H24ClN5O2/c1-15-13-23(29-27-21-11-10-19(30(31)32)14-20(21)25)16(2)12-22(15)28-26-18-8-6-17(7-9-18)24(3,4)5/h6-14H,1-5H3. The first-order valence-electron chi connectivity index (χ1n) is 10.0. The van der Waals surface area contributed by atoms with Crippen molar-refractivity contribution in [3.8, 4) is 0 Å². The molecule has 0 atom stereocenters. The third-order valence-corrected chi connectivity index (χ3v) is 5.23. The molecule has 0 aliphatic rings. The Morgan fingerprint density at radius 1 is 0.781 bits per heavy atom. The Balaban J connectivity index is 1.80. The fraction of sp³-hybridized carbons (Fsp3) is 0.250. The van der Waals surface area contributed by atoms with Gasteiger partial charge in [-0.1, -0.05) is 44.5 Å². The Kier molecular flexibility index (Phi) is 6.79. The van der Waals surface area contributed by atoms with Crippen LogP contribution in [0.2, 0.25) is 5.02 Å². The molecule has 0 bridgehead atoms. The van der Waals surface area contributed by atoms with Crippen LogP contribution >= 0.6 is 11.6 Å². The van der Waals surface area contributed by atoms with Gasteiger partial charge in [-0.05, 0) is 66.3 Å². The molecule has 0 N–H and O–H groups in total. The van der Waals surface area contributed by atoms with Crippen LogP contribution in [-0.2, 0) is 5.41 Å². The van der Waals surface area contributed by atoms with Gasteiger partial charge in [0.2, 0.25) is 0 Å². The topological polar surface area (TPSA) is 92.6 Å². The number of halogens is 1. The Morgan fingerprint density at radius 2 is 1.31 bits per heavy atom. The molecule has 0 aromatic heterocycles. The third kappa shape index (κ3) is 5.62. The molecule has 164 valence electrons. The van der Waals surface area contributed by atoms with Gasteiger partial charge in [0, 0.05) is 12.1 Å². The van der Waals surface area contributed by atoms with Crippen LogP contribution in [0.3, 0.4) is 0 Å². The number of aryl methyl sites for hydroxylation is 2.